The number of hydrogen-bond acceptors (Lipinski definition) is 4. The Hall–Kier alpha value is -0.910. The number of carboxylic acid groups (broad SMARTS) is 1. The van der Waals surface area contributed by atoms with E-state index in [0.29, 0.717) is 11.4 Å². The number of rotatable bonds is 4. The van der Waals surface area contributed by atoms with E-state index < -0.39 is 5.97 Å². The molecule has 1 aliphatic heterocycles. The van der Waals surface area contributed by atoms with Crippen molar-refractivity contribution in [2.24, 2.45) is 0 Å². The predicted octanol–water partition coefficient (Wildman–Crippen LogP) is 2.18. The van der Waals surface area contributed by atoms with Crippen LogP contribution >= 0.6 is 11.3 Å². The van der Waals surface area contributed by atoms with Crippen molar-refractivity contribution in [1.29, 1.82) is 0 Å². The topological polar surface area (TPSA) is 60.8 Å². The number of nitrogens with zero attached hydrogens (tertiary/aromatic N) is 1. The van der Waals surface area contributed by atoms with E-state index in [9.17, 15) is 9.90 Å². The molecule has 1 saturated heterocycles. The van der Waals surface area contributed by atoms with Gasteiger partial charge in [-0.2, -0.15) is 0 Å². The van der Waals surface area contributed by atoms with Crippen LogP contribution in [0.25, 0.3) is 0 Å². The molecule has 0 amide bonds. The molecule has 1 aromatic heterocycles. The van der Waals surface area contributed by atoms with E-state index in [4.69, 9.17) is 5.11 Å². The smallest absolute Gasteiger partial charge is 0.346 e. The third-order valence-corrected chi connectivity index (χ3v) is 4.47. The Morgan fingerprint density at radius 3 is 3.00 bits per heavy atom. The molecule has 1 unspecified atom stereocenters. The zero-order valence-electron chi connectivity index (χ0n) is 10.3. The quantitative estimate of drug-likeness (QED) is 0.879. The van der Waals surface area contributed by atoms with Crippen LogP contribution in [-0.2, 0) is 6.54 Å². The van der Waals surface area contributed by atoms with E-state index in [1.807, 2.05) is 11.4 Å². The lowest BCUT2D eigenvalue weighted by molar-refractivity contribution is 0.0698. The van der Waals surface area contributed by atoms with Gasteiger partial charge in [0.2, 0.25) is 0 Å². The molecule has 0 bridgehead atoms. The summed E-state index contributed by atoms with van der Waals surface area (Å²) in [4.78, 5) is 13.7. The number of carboxylic acids is 1. The Bertz CT molecular complexity index is 405. The number of aliphatic hydroxyl groups excluding tert-OH is 1. The second-order valence-electron chi connectivity index (χ2n) is 4.74. The molecule has 5 heteroatoms. The third kappa shape index (κ3) is 3.10. The molecule has 4 nitrogen and oxygen atoms in total. The van der Waals surface area contributed by atoms with Gasteiger partial charge in [0.15, 0.2) is 0 Å². The van der Waals surface area contributed by atoms with Gasteiger partial charge in [0.05, 0.1) is 6.61 Å². The molecule has 2 heterocycles. The second-order valence-corrected chi connectivity index (χ2v) is 5.65. The Kier molecular flexibility index (Phi) is 4.74. The van der Waals surface area contributed by atoms with Gasteiger partial charge in [-0.25, -0.2) is 4.79 Å². The van der Waals surface area contributed by atoms with Crippen molar-refractivity contribution in [2.75, 3.05) is 13.2 Å². The summed E-state index contributed by atoms with van der Waals surface area (Å²) < 4.78 is 0. The largest absolute Gasteiger partial charge is 0.477 e. The first-order valence-electron chi connectivity index (χ1n) is 6.37. The third-order valence-electron chi connectivity index (χ3n) is 3.52. The number of aliphatic hydroxyl groups is 1. The maximum atomic E-state index is 11.1. The molecule has 0 aliphatic carbocycles. The van der Waals surface area contributed by atoms with Crippen LogP contribution in [0.1, 0.15) is 40.9 Å². The summed E-state index contributed by atoms with van der Waals surface area (Å²) in [5.74, 6) is -0.852. The molecule has 0 saturated carbocycles. The Morgan fingerprint density at radius 2 is 2.28 bits per heavy atom. The summed E-state index contributed by atoms with van der Waals surface area (Å²) in [7, 11) is 0. The highest BCUT2D eigenvalue weighted by Gasteiger charge is 2.22. The van der Waals surface area contributed by atoms with Gasteiger partial charge in [0.1, 0.15) is 4.88 Å². The van der Waals surface area contributed by atoms with Crippen LogP contribution in [-0.4, -0.2) is 40.3 Å². The number of thiophene rings is 1. The fourth-order valence-electron chi connectivity index (χ4n) is 2.52. The average molecular weight is 269 g/mol. The molecule has 100 valence electrons. The van der Waals surface area contributed by atoms with E-state index in [0.717, 1.165) is 31.4 Å². The average Bonchev–Trinajstić information content (AvgIpc) is 2.69. The molecule has 0 spiro atoms. The number of hydrogen-bond donors (Lipinski definition) is 2. The maximum Gasteiger partial charge on any atom is 0.346 e. The Labute approximate surface area is 111 Å². The van der Waals surface area contributed by atoms with Gasteiger partial charge < -0.3 is 10.2 Å². The van der Waals surface area contributed by atoms with E-state index in [-0.39, 0.29) is 12.6 Å². The summed E-state index contributed by atoms with van der Waals surface area (Å²) in [5, 5.41) is 20.4. The molecule has 0 radical (unpaired) electrons. The fraction of sp³-hybridized carbons (Fsp3) is 0.615. The molecule has 1 atom stereocenters. The van der Waals surface area contributed by atoms with Crippen molar-refractivity contribution in [3.05, 3.63) is 21.9 Å². The molecule has 1 aliphatic rings. The van der Waals surface area contributed by atoms with Gasteiger partial charge in [0.25, 0.3) is 0 Å². The molecule has 0 aromatic carbocycles. The highest BCUT2D eigenvalue weighted by atomic mass is 32.1. The molecule has 1 aromatic rings. The molecule has 2 N–H and O–H groups in total. The van der Waals surface area contributed by atoms with Crippen molar-refractivity contribution in [3.63, 3.8) is 0 Å². The summed E-state index contributed by atoms with van der Waals surface area (Å²) in [6.45, 7) is 1.74. The standard InChI is InChI=1S/C13H19NO3S/c15-9-11-4-2-1-3-6-14(11)8-10-5-7-18-12(10)13(16)17/h5,7,11,15H,1-4,6,8-9H2,(H,16,17). The fourth-order valence-corrected chi connectivity index (χ4v) is 3.27. The van der Waals surface area contributed by atoms with Gasteiger partial charge in [-0.1, -0.05) is 12.8 Å². The summed E-state index contributed by atoms with van der Waals surface area (Å²) in [6, 6.07) is 2.06. The second kappa shape index (κ2) is 6.31. The number of aromatic carboxylic acids is 1. The zero-order valence-corrected chi connectivity index (χ0v) is 11.2. The highest BCUT2D eigenvalue weighted by molar-refractivity contribution is 7.12. The summed E-state index contributed by atoms with van der Waals surface area (Å²) >= 11 is 1.27. The minimum Gasteiger partial charge on any atom is -0.477 e. The highest BCUT2D eigenvalue weighted by Crippen LogP contribution is 2.23. The van der Waals surface area contributed by atoms with Crippen LogP contribution < -0.4 is 0 Å². The minimum atomic E-state index is -0.852. The van der Waals surface area contributed by atoms with Crippen molar-refractivity contribution >= 4 is 17.3 Å². The molecule has 18 heavy (non-hydrogen) atoms. The van der Waals surface area contributed by atoms with Crippen LogP contribution in [0.2, 0.25) is 0 Å². The van der Waals surface area contributed by atoms with Gasteiger partial charge in [-0.05, 0) is 36.4 Å². The van der Waals surface area contributed by atoms with Crippen molar-refractivity contribution in [3.8, 4) is 0 Å². The molecular formula is C13H19NO3S. The van der Waals surface area contributed by atoms with Crippen molar-refractivity contribution in [1.82, 2.24) is 4.90 Å². The first-order chi connectivity index (χ1) is 8.72. The van der Waals surface area contributed by atoms with E-state index >= 15 is 0 Å². The van der Waals surface area contributed by atoms with E-state index in [1.54, 1.807) is 0 Å². The summed E-state index contributed by atoms with van der Waals surface area (Å²) in [5.41, 5.74) is 0.868. The van der Waals surface area contributed by atoms with Gasteiger partial charge in [-0.3, -0.25) is 4.90 Å². The molecule has 2 rings (SSSR count). The van der Waals surface area contributed by atoms with Gasteiger partial charge >= 0.3 is 5.97 Å². The van der Waals surface area contributed by atoms with Crippen molar-refractivity contribution in [2.45, 2.75) is 38.3 Å². The number of carbonyl (C=O) groups is 1. The van der Waals surface area contributed by atoms with Gasteiger partial charge in [-0.15, -0.1) is 11.3 Å². The summed E-state index contributed by atoms with van der Waals surface area (Å²) in [6.07, 6.45) is 4.48. The molecule has 1 fully saturated rings. The lowest BCUT2D eigenvalue weighted by atomic mass is 10.1. The van der Waals surface area contributed by atoms with Crippen LogP contribution in [0.5, 0.6) is 0 Å². The zero-order chi connectivity index (χ0) is 13.0. The minimum absolute atomic E-state index is 0.159. The lowest BCUT2D eigenvalue weighted by Crippen LogP contribution is -2.37. The van der Waals surface area contributed by atoms with Crippen LogP contribution in [0.15, 0.2) is 11.4 Å². The Balaban J connectivity index is 2.10. The first kappa shape index (κ1) is 13.5. The van der Waals surface area contributed by atoms with Crippen LogP contribution in [0, 0.1) is 0 Å². The van der Waals surface area contributed by atoms with E-state index in [2.05, 4.69) is 4.90 Å². The Morgan fingerprint density at radius 1 is 1.44 bits per heavy atom. The van der Waals surface area contributed by atoms with Crippen LogP contribution in [0.3, 0.4) is 0 Å². The van der Waals surface area contributed by atoms with Gasteiger partial charge in [0, 0.05) is 12.6 Å². The predicted molar refractivity (Wildman–Crippen MR) is 71.0 cm³/mol. The lowest BCUT2D eigenvalue weighted by Gasteiger charge is -2.28. The maximum absolute atomic E-state index is 11.1. The number of likely N-dealkylation sites (tertiary alicyclic amines) is 1. The van der Waals surface area contributed by atoms with E-state index in [1.165, 1.54) is 17.8 Å². The first-order valence-corrected chi connectivity index (χ1v) is 7.25. The van der Waals surface area contributed by atoms with Crippen LogP contribution in [0.4, 0.5) is 0 Å². The normalized spacial score (nSPS) is 21.7. The SMILES string of the molecule is O=C(O)c1sccc1CN1CCCCCC1CO. The van der Waals surface area contributed by atoms with Crippen molar-refractivity contribution < 1.29 is 15.0 Å². The monoisotopic (exact) mass is 269 g/mol. The molecular weight excluding hydrogens is 250 g/mol.